The summed E-state index contributed by atoms with van der Waals surface area (Å²) in [5.74, 6) is 0.454. The Labute approximate surface area is 114 Å². The number of aromatic nitrogens is 6. The van der Waals surface area contributed by atoms with Gasteiger partial charge in [0, 0.05) is 12.2 Å². The molecular formula is C12H15N7O. The molecule has 0 bridgehead atoms. The smallest absolute Gasteiger partial charge is 0.263 e. The minimum Gasteiger partial charge on any atom is -0.356 e. The zero-order valence-corrected chi connectivity index (χ0v) is 11.0. The van der Waals surface area contributed by atoms with Gasteiger partial charge in [-0.1, -0.05) is 0 Å². The standard InChI is InChI=1S/C12H15N7O/c1-7-8(5-14-18-7)3-2-4-13-12-16-10-9(6-15-19-10)11(20)17-12/h5-6H,2-4H2,1H3,(H,14,18)(H3,13,15,16,17,19,20). The molecule has 3 aromatic heterocycles. The quantitative estimate of drug-likeness (QED) is 0.511. The number of anilines is 1. The summed E-state index contributed by atoms with van der Waals surface area (Å²) in [6.45, 7) is 2.72. The molecule has 0 amide bonds. The van der Waals surface area contributed by atoms with Crippen LogP contribution in [0, 0.1) is 6.92 Å². The van der Waals surface area contributed by atoms with Crippen LogP contribution in [0.25, 0.3) is 11.0 Å². The average Bonchev–Trinajstić information content (AvgIpc) is 3.04. The first kappa shape index (κ1) is 12.4. The Hall–Kier alpha value is -2.64. The molecule has 0 saturated carbocycles. The van der Waals surface area contributed by atoms with Crippen molar-refractivity contribution in [3.8, 4) is 0 Å². The Kier molecular flexibility index (Phi) is 3.20. The topological polar surface area (TPSA) is 115 Å². The highest BCUT2D eigenvalue weighted by Crippen LogP contribution is 2.07. The van der Waals surface area contributed by atoms with Gasteiger partial charge in [0.1, 0.15) is 5.39 Å². The molecule has 3 aromatic rings. The summed E-state index contributed by atoms with van der Waals surface area (Å²) in [6, 6.07) is 0. The number of hydrogen-bond acceptors (Lipinski definition) is 5. The third-order valence-electron chi connectivity index (χ3n) is 3.17. The number of aromatic amines is 3. The molecule has 0 fully saturated rings. The van der Waals surface area contributed by atoms with Crippen LogP contribution in [0.1, 0.15) is 17.7 Å². The summed E-state index contributed by atoms with van der Waals surface area (Å²) >= 11 is 0. The zero-order chi connectivity index (χ0) is 13.9. The number of aryl methyl sites for hydroxylation is 2. The predicted molar refractivity (Wildman–Crippen MR) is 74.6 cm³/mol. The second-order valence-corrected chi connectivity index (χ2v) is 4.60. The fourth-order valence-electron chi connectivity index (χ4n) is 2.04. The molecule has 0 radical (unpaired) electrons. The van der Waals surface area contributed by atoms with E-state index in [0.29, 0.717) is 23.5 Å². The molecule has 3 rings (SSSR count). The van der Waals surface area contributed by atoms with Crippen LogP contribution in [0.4, 0.5) is 5.95 Å². The van der Waals surface area contributed by atoms with Crippen molar-refractivity contribution >= 4 is 17.0 Å². The largest absolute Gasteiger partial charge is 0.356 e. The van der Waals surface area contributed by atoms with E-state index in [0.717, 1.165) is 18.5 Å². The lowest BCUT2D eigenvalue weighted by atomic mass is 10.1. The van der Waals surface area contributed by atoms with Crippen LogP contribution < -0.4 is 10.9 Å². The van der Waals surface area contributed by atoms with Crippen molar-refractivity contribution in [1.29, 1.82) is 0 Å². The van der Waals surface area contributed by atoms with Gasteiger partial charge >= 0.3 is 0 Å². The van der Waals surface area contributed by atoms with E-state index in [2.05, 4.69) is 35.7 Å². The minimum atomic E-state index is -0.197. The van der Waals surface area contributed by atoms with Gasteiger partial charge in [0.05, 0.1) is 12.4 Å². The molecule has 0 aliphatic carbocycles. The molecular weight excluding hydrogens is 258 g/mol. The van der Waals surface area contributed by atoms with E-state index in [9.17, 15) is 4.79 Å². The third-order valence-corrected chi connectivity index (χ3v) is 3.17. The second-order valence-electron chi connectivity index (χ2n) is 4.60. The maximum Gasteiger partial charge on any atom is 0.263 e. The molecule has 4 N–H and O–H groups in total. The van der Waals surface area contributed by atoms with Crippen molar-refractivity contribution in [2.24, 2.45) is 0 Å². The van der Waals surface area contributed by atoms with Gasteiger partial charge < -0.3 is 5.32 Å². The predicted octanol–water partition coefficient (Wildman–Crippen LogP) is 0.722. The highest BCUT2D eigenvalue weighted by molar-refractivity contribution is 5.73. The van der Waals surface area contributed by atoms with Crippen LogP contribution in [0.15, 0.2) is 17.2 Å². The number of hydrogen-bond donors (Lipinski definition) is 4. The lowest BCUT2D eigenvalue weighted by Gasteiger charge is -2.04. The molecule has 8 heteroatoms. The molecule has 104 valence electrons. The van der Waals surface area contributed by atoms with Crippen molar-refractivity contribution in [3.05, 3.63) is 34.0 Å². The summed E-state index contributed by atoms with van der Waals surface area (Å²) in [6.07, 6.45) is 5.15. The summed E-state index contributed by atoms with van der Waals surface area (Å²) in [5.41, 5.74) is 2.59. The van der Waals surface area contributed by atoms with Crippen molar-refractivity contribution in [2.75, 3.05) is 11.9 Å². The first-order chi connectivity index (χ1) is 9.74. The van der Waals surface area contributed by atoms with Crippen LogP contribution in [-0.4, -0.2) is 36.9 Å². The van der Waals surface area contributed by atoms with Crippen molar-refractivity contribution < 1.29 is 0 Å². The Balaban J connectivity index is 1.60. The van der Waals surface area contributed by atoms with Crippen LogP contribution in [-0.2, 0) is 6.42 Å². The Morgan fingerprint density at radius 2 is 2.10 bits per heavy atom. The van der Waals surface area contributed by atoms with Gasteiger partial charge in [0.25, 0.3) is 5.56 Å². The molecule has 0 atom stereocenters. The Bertz CT molecular complexity index is 769. The number of rotatable bonds is 5. The van der Waals surface area contributed by atoms with E-state index in [1.165, 1.54) is 11.8 Å². The summed E-state index contributed by atoms with van der Waals surface area (Å²) < 4.78 is 0. The fraction of sp³-hybridized carbons (Fsp3) is 0.333. The zero-order valence-electron chi connectivity index (χ0n) is 11.0. The summed E-state index contributed by atoms with van der Waals surface area (Å²) in [4.78, 5) is 18.6. The molecule has 0 aliphatic rings. The Morgan fingerprint density at radius 1 is 1.25 bits per heavy atom. The summed E-state index contributed by atoms with van der Waals surface area (Å²) in [7, 11) is 0. The van der Waals surface area contributed by atoms with Gasteiger partial charge in [-0.2, -0.15) is 15.2 Å². The Morgan fingerprint density at radius 3 is 2.90 bits per heavy atom. The van der Waals surface area contributed by atoms with Crippen LogP contribution in [0.2, 0.25) is 0 Å². The van der Waals surface area contributed by atoms with Gasteiger partial charge in [-0.05, 0) is 25.3 Å². The monoisotopic (exact) mass is 273 g/mol. The number of fused-ring (bicyclic) bond motifs is 1. The van der Waals surface area contributed by atoms with E-state index in [4.69, 9.17) is 0 Å². The fourth-order valence-corrected chi connectivity index (χ4v) is 2.04. The molecule has 8 nitrogen and oxygen atoms in total. The van der Waals surface area contributed by atoms with E-state index in [-0.39, 0.29) is 5.56 Å². The van der Waals surface area contributed by atoms with Gasteiger partial charge in [-0.25, -0.2) is 0 Å². The normalized spacial score (nSPS) is 11.1. The van der Waals surface area contributed by atoms with Crippen molar-refractivity contribution in [3.63, 3.8) is 0 Å². The van der Waals surface area contributed by atoms with E-state index in [1.54, 1.807) is 0 Å². The highest BCUT2D eigenvalue weighted by Gasteiger charge is 2.05. The second kappa shape index (κ2) is 5.16. The minimum absolute atomic E-state index is 0.197. The van der Waals surface area contributed by atoms with Crippen LogP contribution in [0.3, 0.4) is 0 Å². The van der Waals surface area contributed by atoms with Crippen LogP contribution in [0.5, 0.6) is 0 Å². The SMILES string of the molecule is Cc1[nH]ncc1CCCNc1nc2[nH]ncc2c(=O)[nH]1. The molecule has 0 spiro atoms. The van der Waals surface area contributed by atoms with Gasteiger partial charge in [0.15, 0.2) is 5.65 Å². The van der Waals surface area contributed by atoms with Crippen molar-refractivity contribution in [2.45, 2.75) is 19.8 Å². The van der Waals surface area contributed by atoms with E-state index >= 15 is 0 Å². The number of nitrogens with zero attached hydrogens (tertiary/aromatic N) is 3. The average molecular weight is 273 g/mol. The molecule has 3 heterocycles. The lowest BCUT2D eigenvalue weighted by Crippen LogP contribution is -2.13. The van der Waals surface area contributed by atoms with E-state index < -0.39 is 0 Å². The molecule has 0 unspecified atom stereocenters. The maximum absolute atomic E-state index is 11.7. The lowest BCUT2D eigenvalue weighted by molar-refractivity contribution is 0.848. The maximum atomic E-state index is 11.7. The van der Waals surface area contributed by atoms with Gasteiger partial charge in [-0.15, -0.1) is 0 Å². The van der Waals surface area contributed by atoms with Crippen molar-refractivity contribution in [1.82, 2.24) is 30.4 Å². The van der Waals surface area contributed by atoms with E-state index in [1.807, 2.05) is 13.1 Å². The molecule has 0 aromatic carbocycles. The third kappa shape index (κ3) is 2.40. The summed E-state index contributed by atoms with van der Waals surface area (Å²) in [5, 5.41) is 16.9. The molecule has 0 saturated heterocycles. The molecule has 20 heavy (non-hydrogen) atoms. The highest BCUT2D eigenvalue weighted by atomic mass is 16.1. The van der Waals surface area contributed by atoms with Gasteiger partial charge in [-0.3, -0.25) is 20.0 Å². The van der Waals surface area contributed by atoms with Crippen LogP contribution >= 0.6 is 0 Å². The first-order valence-corrected chi connectivity index (χ1v) is 6.40. The first-order valence-electron chi connectivity index (χ1n) is 6.40. The number of H-pyrrole nitrogens is 3. The number of nitrogens with one attached hydrogen (secondary N) is 4. The van der Waals surface area contributed by atoms with Gasteiger partial charge in [0.2, 0.25) is 5.95 Å². The molecule has 0 aliphatic heterocycles.